The van der Waals surface area contributed by atoms with Crippen molar-refractivity contribution in [2.75, 3.05) is 0 Å². The van der Waals surface area contributed by atoms with Crippen molar-refractivity contribution in [3.63, 3.8) is 0 Å². The molecule has 0 amide bonds. The lowest BCUT2D eigenvalue weighted by Crippen LogP contribution is -2.11. The van der Waals surface area contributed by atoms with E-state index in [9.17, 15) is 0 Å². The number of rotatable bonds is 3. The van der Waals surface area contributed by atoms with Crippen LogP contribution < -0.4 is 0 Å². The molecule has 1 atom stereocenters. The summed E-state index contributed by atoms with van der Waals surface area (Å²) in [6.07, 6.45) is 4.68. The molecule has 0 saturated heterocycles. The number of aromatic nitrogens is 1. The highest BCUT2D eigenvalue weighted by atomic mass is 127. The molecule has 1 aliphatic carbocycles. The first kappa shape index (κ1) is 18.2. The van der Waals surface area contributed by atoms with Crippen LogP contribution in [0.1, 0.15) is 46.9 Å². The van der Waals surface area contributed by atoms with Gasteiger partial charge in [-0.2, -0.15) is 0 Å². The summed E-state index contributed by atoms with van der Waals surface area (Å²) < 4.78 is 1.34. The highest BCUT2D eigenvalue weighted by molar-refractivity contribution is 14.1. The van der Waals surface area contributed by atoms with E-state index in [-0.39, 0.29) is 0 Å². The van der Waals surface area contributed by atoms with Crippen LogP contribution in [-0.4, -0.2) is 4.98 Å². The monoisotopic (exact) mass is 473 g/mol. The van der Waals surface area contributed by atoms with Crippen LogP contribution in [0.5, 0.6) is 0 Å². The Morgan fingerprint density at radius 3 is 2.81 bits per heavy atom. The normalized spacial score (nSPS) is 16.5. The van der Waals surface area contributed by atoms with Crippen LogP contribution in [0.15, 0.2) is 35.7 Å². The summed E-state index contributed by atoms with van der Waals surface area (Å²) >= 11 is 4.19. The first-order valence-electron chi connectivity index (χ1n) is 9.32. The fourth-order valence-electron chi connectivity index (χ4n) is 3.82. The lowest BCUT2D eigenvalue weighted by atomic mass is 9.84. The lowest BCUT2D eigenvalue weighted by Gasteiger charge is -2.21. The van der Waals surface area contributed by atoms with E-state index in [0.29, 0.717) is 0 Å². The van der Waals surface area contributed by atoms with Crippen LogP contribution in [0.3, 0.4) is 0 Å². The topological polar surface area (TPSA) is 12.9 Å². The fourth-order valence-corrected chi connectivity index (χ4v) is 5.26. The van der Waals surface area contributed by atoms with Gasteiger partial charge in [-0.25, -0.2) is 4.98 Å². The molecule has 0 saturated carbocycles. The van der Waals surface area contributed by atoms with Gasteiger partial charge in [0.05, 0.1) is 5.69 Å². The van der Waals surface area contributed by atoms with Crippen molar-refractivity contribution in [2.45, 2.75) is 46.5 Å². The smallest absolute Gasteiger partial charge is 0.123 e. The summed E-state index contributed by atoms with van der Waals surface area (Å²) in [4.78, 5) is 4.95. The second-order valence-corrected chi connectivity index (χ2v) is 9.70. The minimum absolute atomic E-state index is 0.802. The second-order valence-electron chi connectivity index (χ2n) is 7.68. The molecular formula is C23H24INS. The molecule has 26 heavy (non-hydrogen) atoms. The van der Waals surface area contributed by atoms with E-state index in [1.807, 2.05) is 0 Å². The predicted octanol–water partition coefficient (Wildman–Crippen LogP) is 6.75. The molecule has 0 N–H and O–H groups in total. The summed E-state index contributed by atoms with van der Waals surface area (Å²) in [5.41, 5.74) is 9.63. The van der Waals surface area contributed by atoms with Crippen molar-refractivity contribution in [3.8, 4) is 10.6 Å². The van der Waals surface area contributed by atoms with Crippen LogP contribution in [0.25, 0.3) is 10.6 Å². The molecular weight excluding hydrogens is 449 g/mol. The summed E-state index contributed by atoms with van der Waals surface area (Å²) in [6.45, 7) is 6.75. The SMILES string of the molecule is Cc1cc(Cc2csc(-c3ccc4c(c3)CC(C)CC4)n2)c(C)cc1I. The maximum absolute atomic E-state index is 4.95. The molecule has 0 radical (unpaired) electrons. The van der Waals surface area contributed by atoms with Crippen LogP contribution in [0, 0.1) is 23.3 Å². The van der Waals surface area contributed by atoms with Gasteiger partial charge in [-0.05, 0) is 102 Å². The highest BCUT2D eigenvalue weighted by Crippen LogP contribution is 2.31. The molecule has 3 heteroatoms. The van der Waals surface area contributed by atoms with Gasteiger partial charge in [0, 0.05) is 20.9 Å². The fraction of sp³-hybridized carbons (Fsp3) is 0.348. The Balaban J connectivity index is 1.59. The molecule has 1 unspecified atom stereocenters. The molecule has 3 aromatic rings. The van der Waals surface area contributed by atoms with E-state index < -0.39 is 0 Å². The second kappa shape index (κ2) is 7.43. The molecule has 134 valence electrons. The number of fused-ring (bicyclic) bond motifs is 1. The zero-order chi connectivity index (χ0) is 18.3. The Labute approximate surface area is 174 Å². The quantitative estimate of drug-likeness (QED) is 0.384. The van der Waals surface area contributed by atoms with Crippen LogP contribution in [0.2, 0.25) is 0 Å². The average molecular weight is 473 g/mol. The number of benzene rings is 2. The molecule has 4 rings (SSSR count). The number of nitrogens with zero attached hydrogens (tertiary/aromatic N) is 1. The first-order chi connectivity index (χ1) is 12.5. The minimum Gasteiger partial charge on any atom is -0.241 e. The third-order valence-electron chi connectivity index (χ3n) is 5.47. The standard InChI is InChI=1S/C23H24INS/c1-14-4-5-17-6-7-18(11-20(17)8-14)23-25-21(13-26-23)12-19-9-16(3)22(24)10-15(19)2/h6-7,9-11,13-14H,4-5,8,12H2,1-3H3. The molecule has 0 bridgehead atoms. The summed E-state index contributed by atoms with van der Waals surface area (Å²) in [5, 5.41) is 3.38. The third kappa shape index (κ3) is 3.74. The molecule has 0 fully saturated rings. The number of hydrogen-bond donors (Lipinski definition) is 0. The highest BCUT2D eigenvalue weighted by Gasteiger charge is 2.16. The lowest BCUT2D eigenvalue weighted by molar-refractivity contribution is 0.501. The van der Waals surface area contributed by atoms with Crippen LogP contribution >= 0.6 is 33.9 Å². The van der Waals surface area contributed by atoms with Gasteiger partial charge in [-0.1, -0.05) is 25.1 Å². The Morgan fingerprint density at radius 2 is 1.96 bits per heavy atom. The van der Waals surface area contributed by atoms with Crippen molar-refractivity contribution in [1.82, 2.24) is 4.98 Å². The van der Waals surface area contributed by atoms with E-state index in [1.54, 1.807) is 11.3 Å². The van der Waals surface area contributed by atoms with Gasteiger partial charge in [0.2, 0.25) is 0 Å². The van der Waals surface area contributed by atoms with Crippen LogP contribution in [0.4, 0.5) is 0 Å². The number of hydrogen-bond acceptors (Lipinski definition) is 2. The Bertz CT molecular complexity index is 957. The van der Waals surface area contributed by atoms with E-state index in [4.69, 9.17) is 4.98 Å². The van der Waals surface area contributed by atoms with E-state index >= 15 is 0 Å². The van der Waals surface area contributed by atoms with Crippen molar-refractivity contribution in [1.29, 1.82) is 0 Å². The number of halogens is 1. The van der Waals surface area contributed by atoms with Gasteiger partial charge in [-0.3, -0.25) is 0 Å². The van der Waals surface area contributed by atoms with E-state index in [2.05, 4.69) is 79.1 Å². The van der Waals surface area contributed by atoms with Crippen molar-refractivity contribution >= 4 is 33.9 Å². The summed E-state index contributed by atoms with van der Waals surface area (Å²) in [6, 6.07) is 11.6. The van der Waals surface area contributed by atoms with E-state index in [1.165, 1.54) is 61.9 Å². The molecule has 2 aromatic carbocycles. The summed E-state index contributed by atoms with van der Waals surface area (Å²) in [7, 11) is 0. The maximum Gasteiger partial charge on any atom is 0.123 e. The molecule has 1 heterocycles. The van der Waals surface area contributed by atoms with Crippen molar-refractivity contribution in [2.24, 2.45) is 5.92 Å². The molecule has 1 aromatic heterocycles. The third-order valence-corrected chi connectivity index (χ3v) is 7.57. The Morgan fingerprint density at radius 1 is 1.12 bits per heavy atom. The Hall–Kier alpha value is -1.20. The van der Waals surface area contributed by atoms with Gasteiger partial charge < -0.3 is 0 Å². The largest absolute Gasteiger partial charge is 0.241 e. The van der Waals surface area contributed by atoms with Gasteiger partial charge >= 0.3 is 0 Å². The molecule has 1 nitrogen and oxygen atoms in total. The van der Waals surface area contributed by atoms with Crippen molar-refractivity contribution in [3.05, 3.63) is 72.8 Å². The number of aryl methyl sites for hydroxylation is 3. The zero-order valence-corrected chi connectivity index (χ0v) is 18.6. The minimum atomic E-state index is 0.802. The molecule has 1 aliphatic rings. The summed E-state index contributed by atoms with van der Waals surface area (Å²) in [5.74, 6) is 0.802. The zero-order valence-electron chi connectivity index (χ0n) is 15.6. The van der Waals surface area contributed by atoms with Gasteiger partial charge in [0.25, 0.3) is 0 Å². The van der Waals surface area contributed by atoms with Gasteiger partial charge in [0.15, 0.2) is 0 Å². The average Bonchev–Trinajstić information content (AvgIpc) is 3.07. The van der Waals surface area contributed by atoms with Crippen molar-refractivity contribution < 1.29 is 0 Å². The predicted molar refractivity (Wildman–Crippen MR) is 120 cm³/mol. The van der Waals surface area contributed by atoms with Gasteiger partial charge in [-0.15, -0.1) is 11.3 Å². The van der Waals surface area contributed by atoms with E-state index in [0.717, 1.165) is 17.3 Å². The van der Waals surface area contributed by atoms with Crippen LogP contribution in [-0.2, 0) is 19.3 Å². The molecule has 0 aliphatic heterocycles. The number of thiazole rings is 1. The maximum atomic E-state index is 4.95. The molecule has 0 spiro atoms. The first-order valence-corrected chi connectivity index (χ1v) is 11.3. The van der Waals surface area contributed by atoms with Gasteiger partial charge in [0.1, 0.15) is 5.01 Å². The Kier molecular flexibility index (Phi) is 5.20.